The van der Waals surface area contributed by atoms with Crippen molar-refractivity contribution in [2.24, 2.45) is 0 Å². The second kappa shape index (κ2) is 9.03. The smallest absolute Gasteiger partial charge is 0.243 e. The molecule has 0 spiro atoms. The highest BCUT2D eigenvalue weighted by molar-refractivity contribution is 7.99. The van der Waals surface area contributed by atoms with Crippen molar-refractivity contribution in [2.45, 2.75) is 16.7 Å². The Bertz CT molecular complexity index is 791. The van der Waals surface area contributed by atoms with Gasteiger partial charge in [0.25, 0.3) is 0 Å². The summed E-state index contributed by atoms with van der Waals surface area (Å²) in [6.45, 7) is 2.32. The molecule has 0 saturated carbocycles. The van der Waals surface area contributed by atoms with Crippen LogP contribution >= 0.6 is 11.8 Å². The zero-order valence-electron chi connectivity index (χ0n) is 14.3. The van der Waals surface area contributed by atoms with Crippen molar-refractivity contribution in [3.63, 3.8) is 0 Å². The molecule has 0 heterocycles. The van der Waals surface area contributed by atoms with Gasteiger partial charge < -0.3 is 5.32 Å². The van der Waals surface area contributed by atoms with E-state index in [1.54, 1.807) is 30.0 Å². The number of carbonyl (C=O) groups excluding carboxylic acids is 1. The van der Waals surface area contributed by atoms with Crippen molar-refractivity contribution in [2.75, 3.05) is 25.9 Å². The third-order valence-electron chi connectivity index (χ3n) is 3.53. The number of hydrogen-bond donors (Lipinski definition) is 1. The van der Waals surface area contributed by atoms with Crippen LogP contribution in [0.1, 0.15) is 5.56 Å². The lowest BCUT2D eigenvalue weighted by molar-refractivity contribution is -0.121. The summed E-state index contributed by atoms with van der Waals surface area (Å²) in [4.78, 5) is 13.3. The highest BCUT2D eigenvalue weighted by Crippen LogP contribution is 2.17. The fourth-order valence-electron chi connectivity index (χ4n) is 2.11. The minimum Gasteiger partial charge on any atom is -0.354 e. The van der Waals surface area contributed by atoms with Crippen LogP contribution in [0.2, 0.25) is 0 Å². The van der Waals surface area contributed by atoms with Gasteiger partial charge in [0.1, 0.15) is 0 Å². The Kier molecular flexibility index (Phi) is 7.04. The van der Waals surface area contributed by atoms with Crippen molar-refractivity contribution in [1.29, 1.82) is 0 Å². The van der Waals surface area contributed by atoms with Crippen molar-refractivity contribution in [3.05, 3.63) is 60.2 Å². The maximum Gasteiger partial charge on any atom is 0.243 e. The zero-order chi connectivity index (χ0) is 18.3. The number of nitrogens with zero attached hydrogens (tertiary/aromatic N) is 1. The van der Waals surface area contributed by atoms with E-state index in [2.05, 4.69) is 5.32 Å². The number of carbonyl (C=O) groups is 1. The van der Waals surface area contributed by atoms with E-state index in [0.29, 0.717) is 6.54 Å². The molecule has 0 aliphatic carbocycles. The molecule has 0 atom stereocenters. The summed E-state index contributed by atoms with van der Waals surface area (Å²) < 4.78 is 25.8. The van der Waals surface area contributed by atoms with E-state index in [0.717, 1.165) is 15.0 Å². The molecule has 0 radical (unpaired) electrons. The molecule has 0 aliphatic heterocycles. The predicted molar refractivity (Wildman–Crippen MR) is 101 cm³/mol. The lowest BCUT2D eigenvalue weighted by Crippen LogP contribution is -2.39. The molecule has 0 unspecified atom stereocenters. The van der Waals surface area contributed by atoms with E-state index in [1.807, 2.05) is 31.2 Å². The lowest BCUT2D eigenvalue weighted by atomic mass is 10.2. The molecule has 1 amide bonds. The van der Waals surface area contributed by atoms with Crippen LogP contribution in [0.15, 0.2) is 64.4 Å². The number of hydrogen-bond acceptors (Lipinski definition) is 4. The Morgan fingerprint density at radius 2 is 1.72 bits per heavy atom. The fourth-order valence-corrected chi connectivity index (χ4v) is 4.03. The molecule has 2 aromatic carbocycles. The fraction of sp³-hybridized carbons (Fsp3) is 0.278. The number of rotatable bonds is 8. The number of aryl methyl sites for hydroxylation is 1. The average molecular weight is 379 g/mol. The van der Waals surface area contributed by atoms with Crippen molar-refractivity contribution >= 4 is 27.7 Å². The zero-order valence-corrected chi connectivity index (χ0v) is 15.9. The Hall–Kier alpha value is -1.83. The van der Waals surface area contributed by atoms with E-state index in [9.17, 15) is 13.2 Å². The SMILES string of the molecule is Cc1ccc(SCCNC(=O)CN(C)S(=O)(=O)c2ccccc2)cc1. The van der Waals surface area contributed by atoms with Gasteiger partial charge >= 0.3 is 0 Å². The molecule has 0 bridgehead atoms. The van der Waals surface area contributed by atoms with Crippen LogP contribution in [0.25, 0.3) is 0 Å². The molecule has 2 rings (SSSR count). The number of sulfonamides is 1. The van der Waals surface area contributed by atoms with Gasteiger partial charge in [-0.1, -0.05) is 35.9 Å². The molecule has 0 fully saturated rings. The molecular weight excluding hydrogens is 356 g/mol. The van der Waals surface area contributed by atoms with Crippen molar-refractivity contribution in [3.8, 4) is 0 Å². The standard InChI is InChI=1S/C18H22N2O3S2/c1-15-8-10-16(11-9-15)24-13-12-19-18(21)14-20(2)25(22,23)17-6-4-3-5-7-17/h3-11H,12-14H2,1-2H3,(H,19,21). The Morgan fingerprint density at radius 3 is 2.36 bits per heavy atom. The van der Waals surface area contributed by atoms with Crippen molar-refractivity contribution < 1.29 is 13.2 Å². The Labute approximate surface area is 153 Å². The first kappa shape index (κ1) is 19.5. The second-order valence-electron chi connectivity index (χ2n) is 5.59. The first-order valence-corrected chi connectivity index (χ1v) is 10.3. The molecule has 1 N–H and O–H groups in total. The van der Waals surface area contributed by atoms with Crippen LogP contribution in [0.4, 0.5) is 0 Å². The summed E-state index contributed by atoms with van der Waals surface area (Å²) in [5.41, 5.74) is 1.21. The summed E-state index contributed by atoms with van der Waals surface area (Å²) >= 11 is 1.65. The van der Waals surface area contributed by atoms with Gasteiger partial charge in [0, 0.05) is 24.2 Å². The van der Waals surface area contributed by atoms with Gasteiger partial charge in [0.2, 0.25) is 15.9 Å². The minimum atomic E-state index is -3.64. The molecule has 25 heavy (non-hydrogen) atoms. The van der Waals surface area contributed by atoms with Gasteiger partial charge in [0.05, 0.1) is 11.4 Å². The first-order valence-electron chi connectivity index (χ1n) is 7.87. The van der Waals surface area contributed by atoms with Crippen LogP contribution in [-0.2, 0) is 14.8 Å². The summed E-state index contributed by atoms with van der Waals surface area (Å²) in [5, 5.41) is 2.75. The van der Waals surface area contributed by atoms with Gasteiger partial charge in [-0.3, -0.25) is 4.79 Å². The topological polar surface area (TPSA) is 66.5 Å². The van der Waals surface area contributed by atoms with Gasteiger partial charge in [0.15, 0.2) is 0 Å². The molecule has 7 heteroatoms. The highest BCUT2D eigenvalue weighted by atomic mass is 32.2. The highest BCUT2D eigenvalue weighted by Gasteiger charge is 2.22. The van der Waals surface area contributed by atoms with Gasteiger partial charge in [-0.25, -0.2) is 8.42 Å². The second-order valence-corrected chi connectivity index (χ2v) is 8.80. The molecular formula is C18H22N2O3S2. The molecule has 134 valence electrons. The summed E-state index contributed by atoms with van der Waals surface area (Å²) in [5.74, 6) is 0.413. The minimum absolute atomic E-state index is 0.181. The average Bonchev–Trinajstić information content (AvgIpc) is 2.61. The Balaban J connectivity index is 1.77. The normalized spacial score (nSPS) is 11.5. The first-order chi connectivity index (χ1) is 11.9. The quantitative estimate of drug-likeness (QED) is 0.566. The lowest BCUT2D eigenvalue weighted by Gasteiger charge is -2.16. The molecule has 5 nitrogen and oxygen atoms in total. The predicted octanol–water partition coefficient (Wildman–Crippen LogP) is 2.52. The van der Waals surface area contributed by atoms with Gasteiger partial charge in [-0.2, -0.15) is 4.31 Å². The van der Waals surface area contributed by atoms with Crippen molar-refractivity contribution in [1.82, 2.24) is 9.62 Å². The van der Waals surface area contributed by atoms with Gasteiger partial charge in [-0.05, 0) is 31.2 Å². The number of likely N-dealkylation sites (N-methyl/N-ethyl adjacent to an activating group) is 1. The summed E-state index contributed by atoms with van der Waals surface area (Å²) in [7, 11) is -2.24. The van der Waals surface area contributed by atoms with Crippen LogP contribution in [-0.4, -0.2) is 44.5 Å². The maximum absolute atomic E-state index is 12.4. The van der Waals surface area contributed by atoms with Crippen LogP contribution in [0.5, 0.6) is 0 Å². The number of benzene rings is 2. The van der Waals surface area contributed by atoms with Gasteiger partial charge in [-0.15, -0.1) is 11.8 Å². The molecule has 2 aromatic rings. The maximum atomic E-state index is 12.4. The molecule has 0 aliphatic rings. The van der Waals surface area contributed by atoms with E-state index >= 15 is 0 Å². The Morgan fingerprint density at radius 1 is 1.08 bits per heavy atom. The molecule has 0 aromatic heterocycles. The largest absolute Gasteiger partial charge is 0.354 e. The van der Waals surface area contributed by atoms with Crippen LogP contribution in [0, 0.1) is 6.92 Å². The number of amides is 1. The monoisotopic (exact) mass is 378 g/mol. The van der Waals surface area contributed by atoms with Crippen LogP contribution in [0.3, 0.4) is 0 Å². The summed E-state index contributed by atoms with van der Waals surface area (Å²) in [6.07, 6.45) is 0. The number of thioether (sulfide) groups is 1. The number of nitrogens with one attached hydrogen (secondary N) is 1. The van der Waals surface area contributed by atoms with E-state index in [1.165, 1.54) is 24.7 Å². The summed E-state index contributed by atoms with van der Waals surface area (Å²) in [6, 6.07) is 16.3. The van der Waals surface area contributed by atoms with E-state index < -0.39 is 10.0 Å². The van der Waals surface area contributed by atoms with Crippen LogP contribution < -0.4 is 5.32 Å². The third kappa shape index (κ3) is 5.88. The van der Waals surface area contributed by atoms with E-state index in [4.69, 9.17) is 0 Å². The van der Waals surface area contributed by atoms with E-state index in [-0.39, 0.29) is 17.3 Å². The molecule has 0 saturated heterocycles. The third-order valence-corrected chi connectivity index (χ3v) is 6.36.